The topological polar surface area (TPSA) is 69.0 Å². The van der Waals surface area contributed by atoms with E-state index in [1.807, 2.05) is 73.9 Å². The first-order valence-electron chi connectivity index (χ1n) is 9.59. The number of aromatic nitrogens is 3. The second-order valence-corrected chi connectivity index (χ2v) is 8.05. The number of carbonyl (C=O) groups is 1. The van der Waals surface area contributed by atoms with E-state index in [9.17, 15) is 4.79 Å². The molecule has 6 nitrogen and oxygen atoms in total. The largest absolute Gasteiger partial charge is 0.497 e. The second-order valence-electron chi connectivity index (χ2n) is 6.74. The Hall–Kier alpha value is -2.80. The summed E-state index contributed by atoms with van der Waals surface area (Å²) in [4.78, 5) is 12.5. The molecule has 1 aromatic heterocycles. The molecule has 0 saturated heterocycles. The summed E-state index contributed by atoms with van der Waals surface area (Å²) in [6.45, 7) is 7.21. The highest BCUT2D eigenvalue weighted by Crippen LogP contribution is 2.27. The fourth-order valence-electron chi connectivity index (χ4n) is 2.87. The molecule has 0 aliphatic heterocycles. The molecule has 0 saturated carbocycles. The van der Waals surface area contributed by atoms with Gasteiger partial charge in [-0.1, -0.05) is 41.6 Å². The number of methoxy groups -OCH3 is 1. The molecule has 29 heavy (non-hydrogen) atoms. The first-order valence-corrected chi connectivity index (χ1v) is 10.5. The minimum Gasteiger partial charge on any atom is -0.497 e. The lowest BCUT2D eigenvalue weighted by Gasteiger charge is -2.13. The van der Waals surface area contributed by atoms with Crippen LogP contribution in [0.1, 0.15) is 25.0 Å². The lowest BCUT2D eigenvalue weighted by atomic mass is 10.1. The molecule has 0 spiro atoms. The summed E-state index contributed by atoms with van der Waals surface area (Å²) in [7, 11) is 1.64. The van der Waals surface area contributed by atoms with Crippen molar-refractivity contribution in [1.29, 1.82) is 0 Å². The molecular weight excluding hydrogens is 384 g/mol. The van der Waals surface area contributed by atoms with Crippen LogP contribution in [0.4, 0.5) is 0 Å². The smallest absolute Gasteiger partial charge is 0.233 e. The van der Waals surface area contributed by atoms with E-state index >= 15 is 0 Å². The van der Waals surface area contributed by atoms with E-state index in [2.05, 4.69) is 15.5 Å². The van der Waals surface area contributed by atoms with Crippen molar-refractivity contribution >= 4 is 17.7 Å². The van der Waals surface area contributed by atoms with Crippen LogP contribution in [0.3, 0.4) is 0 Å². The summed E-state index contributed by atoms with van der Waals surface area (Å²) in [5.41, 5.74) is 3.25. The number of hydrogen-bond acceptors (Lipinski definition) is 5. The lowest BCUT2D eigenvalue weighted by Crippen LogP contribution is -2.30. The molecule has 152 valence electrons. The van der Waals surface area contributed by atoms with Gasteiger partial charge in [-0.05, 0) is 50.6 Å². The van der Waals surface area contributed by atoms with Gasteiger partial charge in [-0.3, -0.25) is 4.79 Å². The van der Waals surface area contributed by atoms with Crippen LogP contribution in [0.15, 0.2) is 53.7 Å². The van der Waals surface area contributed by atoms with E-state index < -0.39 is 0 Å². The number of nitrogens with zero attached hydrogens (tertiary/aromatic N) is 3. The molecule has 0 aliphatic carbocycles. The standard InChI is InChI=1S/C22H26N4O2S/c1-5-26-20(18-10-12-19(28-4)13-11-18)24-25-22(26)29-16(3)21(27)23-14-17-8-6-15(2)7-9-17/h6-13,16H,5,14H2,1-4H3,(H,23,27)/t16-/m0/s1. The first kappa shape index (κ1) is 20.9. The number of hydrogen-bond donors (Lipinski definition) is 1. The van der Waals surface area contributed by atoms with Crippen LogP contribution in [0.2, 0.25) is 0 Å². The number of amides is 1. The van der Waals surface area contributed by atoms with Crippen molar-refractivity contribution in [3.8, 4) is 17.1 Å². The third-order valence-corrected chi connectivity index (χ3v) is 5.70. The number of rotatable bonds is 8. The Morgan fingerprint density at radius 3 is 2.45 bits per heavy atom. The predicted octanol–water partition coefficient (Wildman–Crippen LogP) is 4.08. The quantitative estimate of drug-likeness (QED) is 0.567. The predicted molar refractivity (Wildman–Crippen MR) is 116 cm³/mol. The fraction of sp³-hybridized carbons (Fsp3) is 0.318. The molecule has 7 heteroatoms. The molecule has 0 aliphatic rings. The van der Waals surface area contributed by atoms with E-state index in [0.29, 0.717) is 13.1 Å². The summed E-state index contributed by atoms with van der Waals surface area (Å²) in [6.07, 6.45) is 0. The highest BCUT2D eigenvalue weighted by molar-refractivity contribution is 8.00. The SMILES string of the molecule is CCn1c(S[C@@H](C)C(=O)NCc2ccc(C)cc2)nnc1-c1ccc(OC)cc1. The summed E-state index contributed by atoms with van der Waals surface area (Å²) < 4.78 is 7.24. The molecule has 0 fully saturated rings. The van der Waals surface area contributed by atoms with Crippen LogP contribution in [0.25, 0.3) is 11.4 Å². The fourth-order valence-corrected chi connectivity index (χ4v) is 3.80. The van der Waals surface area contributed by atoms with E-state index in [0.717, 1.165) is 27.9 Å². The first-order chi connectivity index (χ1) is 14.0. The van der Waals surface area contributed by atoms with Crippen molar-refractivity contribution in [2.75, 3.05) is 7.11 Å². The van der Waals surface area contributed by atoms with E-state index in [-0.39, 0.29) is 11.2 Å². The Balaban J connectivity index is 1.66. The Labute approximate surface area is 175 Å². The molecule has 1 amide bonds. The molecule has 1 N–H and O–H groups in total. The van der Waals surface area contributed by atoms with Crippen LogP contribution >= 0.6 is 11.8 Å². The van der Waals surface area contributed by atoms with Crippen LogP contribution in [0, 0.1) is 6.92 Å². The van der Waals surface area contributed by atoms with Crippen molar-refractivity contribution in [3.63, 3.8) is 0 Å². The minimum atomic E-state index is -0.279. The zero-order chi connectivity index (χ0) is 20.8. The van der Waals surface area contributed by atoms with E-state index in [1.54, 1.807) is 7.11 Å². The molecule has 1 heterocycles. The highest BCUT2D eigenvalue weighted by atomic mass is 32.2. The Kier molecular flexibility index (Phi) is 6.93. The average Bonchev–Trinajstić information content (AvgIpc) is 3.15. The lowest BCUT2D eigenvalue weighted by molar-refractivity contribution is -0.120. The van der Waals surface area contributed by atoms with Crippen molar-refractivity contribution in [1.82, 2.24) is 20.1 Å². The van der Waals surface area contributed by atoms with Crippen molar-refractivity contribution < 1.29 is 9.53 Å². The number of benzene rings is 2. The molecule has 0 unspecified atom stereocenters. The number of thioether (sulfide) groups is 1. The number of carbonyl (C=O) groups excluding carboxylic acids is 1. The zero-order valence-corrected chi connectivity index (χ0v) is 18.0. The van der Waals surface area contributed by atoms with Gasteiger partial charge in [-0.2, -0.15) is 0 Å². The van der Waals surface area contributed by atoms with Crippen LogP contribution in [-0.4, -0.2) is 33.0 Å². The maximum atomic E-state index is 12.5. The van der Waals surface area contributed by atoms with Gasteiger partial charge in [0.05, 0.1) is 12.4 Å². The van der Waals surface area contributed by atoms with Crippen molar-refractivity contribution in [2.45, 2.75) is 44.3 Å². The summed E-state index contributed by atoms with van der Waals surface area (Å²) in [5, 5.41) is 12.1. The van der Waals surface area contributed by atoms with Gasteiger partial charge >= 0.3 is 0 Å². The normalized spacial score (nSPS) is 11.9. The molecule has 3 rings (SSSR count). The third kappa shape index (κ3) is 5.17. The number of nitrogens with one attached hydrogen (secondary N) is 1. The van der Waals surface area contributed by atoms with Gasteiger partial charge in [-0.15, -0.1) is 10.2 Å². The Bertz CT molecular complexity index is 952. The number of ether oxygens (including phenoxy) is 1. The van der Waals surface area contributed by atoms with Gasteiger partial charge in [0.15, 0.2) is 11.0 Å². The highest BCUT2D eigenvalue weighted by Gasteiger charge is 2.20. The average molecular weight is 411 g/mol. The molecule has 0 radical (unpaired) electrons. The minimum absolute atomic E-state index is 0.0211. The van der Waals surface area contributed by atoms with Crippen molar-refractivity contribution in [3.05, 3.63) is 59.7 Å². The van der Waals surface area contributed by atoms with Gasteiger partial charge in [-0.25, -0.2) is 0 Å². The molecule has 0 bridgehead atoms. The van der Waals surface area contributed by atoms with Crippen LogP contribution in [0.5, 0.6) is 5.75 Å². The molecule has 3 aromatic rings. The van der Waals surface area contributed by atoms with E-state index in [1.165, 1.54) is 17.3 Å². The molecular formula is C22H26N4O2S. The zero-order valence-electron chi connectivity index (χ0n) is 17.2. The third-order valence-electron chi connectivity index (χ3n) is 4.62. The summed E-state index contributed by atoms with van der Waals surface area (Å²) in [6, 6.07) is 15.9. The van der Waals surface area contributed by atoms with Gasteiger partial charge in [0.25, 0.3) is 0 Å². The van der Waals surface area contributed by atoms with Crippen molar-refractivity contribution in [2.24, 2.45) is 0 Å². The maximum Gasteiger partial charge on any atom is 0.233 e. The second kappa shape index (κ2) is 9.60. The Morgan fingerprint density at radius 1 is 1.14 bits per heavy atom. The van der Waals surface area contributed by atoms with Gasteiger partial charge < -0.3 is 14.6 Å². The molecule has 2 aromatic carbocycles. The van der Waals surface area contributed by atoms with Crippen LogP contribution < -0.4 is 10.1 Å². The van der Waals surface area contributed by atoms with Gasteiger partial charge in [0.2, 0.25) is 5.91 Å². The van der Waals surface area contributed by atoms with E-state index in [4.69, 9.17) is 4.74 Å². The monoisotopic (exact) mass is 410 g/mol. The molecule has 1 atom stereocenters. The Morgan fingerprint density at radius 2 is 1.83 bits per heavy atom. The van der Waals surface area contributed by atoms with Crippen LogP contribution in [-0.2, 0) is 17.9 Å². The van der Waals surface area contributed by atoms with Gasteiger partial charge in [0.1, 0.15) is 5.75 Å². The van der Waals surface area contributed by atoms with Gasteiger partial charge in [0, 0.05) is 18.7 Å². The maximum absolute atomic E-state index is 12.5. The number of aryl methyl sites for hydroxylation is 1. The summed E-state index contributed by atoms with van der Waals surface area (Å²) in [5.74, 6) is 1.56. The summed E-state index contributed by atoms with van der Waals surface area (Å²) >= 11 is 1.42.